The van der Waals surface area contributed by atoms with Crippen molar-refractivity contribution >= 4 is 46.0 Å². The van der Waals surface area contributed by atoms with Crippen molar-refractivity contribution in [1.82, 2.24) is 19.7 Å². The fourth-order valence-electron chi connectivity index (χ4n) is 3.63. The number of fused-ring (bicyclic) bond motifs is 1. The summed E-state index contributed by atoms with van der Waals surface area (Å²) in [5, 5.41) is 6.49. The highest BCUT2D eigenvalue weighted by Crippen LogP contribution is 2.29. The number of pyridine rings is 1. The van der Waals surface area contributed by atoms with E-state index in [0.29, 0.717) is 28.9 Å². The summed E-state index contributed by atoms with van der Waals surface area (Å²) < 4.78 is 15.8. The molecule has 2 aromatic heterocycles. The van der Waals surface area contributed by atoms with Crippen LogP contribution < -0.4 is 5.32 Å². The number of halogens is 1. The van der Waals surface area contributed by atoms with Gasteiger partial charge in [0.2, 0.25) is 5.91 Å². The van der Waals surface area contributed by atoms with E-state index in [1.165, 1.54) is 31.1 Å². The van der Waals surface area contributed by atoms with Gasteiger partial charge >= 0.3 is 0 Å². The van der Waals surface area contributed by atoms with Gasteiger partial charge in [0.25, 0.3) is 0 Å². The molecule has 0 saturated carbocycles. The Bertz CT molecular complexity index is 1080. The highest BCUT2D eigenvalue weighted by Gasteiger charge is 2.17. The van der Waals surface area contributed by atoms with Gasteiger partial charge in [0.05, 0.1) is 36.3 Å². The zero-order valence-electron chi connectivity index (χ0n) is 16.5. The van der Waals surface area contributed by atoms with Crippen LogP contribution in [-0.4, -0.2) is 68.7 Å². The minimum absolute atomic E-state index is 0.113. The van der Waals surface area contributed by atoms with E-state index < -0.39 is 11.1 Å². The molecule has 0 aliphatic carbocycles. The van der Waals surface area contributed by atoms with Gasteiger partial charge < -0.3 is 5.32 Å². The number of benzene rings is 1. The topological polar surface area (TPSA) is 63.1 Å². The van der Waals surface area contributed by atoms with Gasteiger partial charge in [0.1, 0.15) is 11.6 Å². The highest BCUT2D eigenvalue weighted by molar-refractivity contribution is 6.56. The van der Waals surface area contributed by atoms with Crippen molar-refractivity contribution in [2.75, 3.05) is 25.0 Å². The SMILES string of the molecule is [B]C([B])([B])n1cc(-c2cc3cc(NC(=O)CN4CCCCC4)ncc3cc2F)cn1. The summed E-state index contributed by atoms with van der Waals surface area (Å²) in [7, 11) is 16.9. The lowest BCUT2D eigenvalue weighted by Gasteiger charge is -2.25. The third-order valence-electron chi connectivity index (χ3n) is 5.18. The minimum Gasteiger partial charge on any atom is -0.310 e. The maximum atomic E-state index is 14.6. The monoisotopic (exact) mass is 397 g/mol. The van der Waals surface area contributed by atoms with Crippen molar-refractivity contribution in [1.29, 1.82) is 0 Å². The van der Waals surface area contributed by atoms with Crippen molar-refractivity contribution in [3.63, 3.8) is 0 Å². The van der Waals surface area contributed by atoms with E-state index in [-0.39, 0.29) is 5.91 Å². The first kappa shape index (κ1) is 20.7. The summed E-state index contributed by atoms with van der Waals surface area (Å²) in [6.07, 6.45) is 7.90. The summed E-state index contributed by atoms with van der Waals surface area (Å²) in [6.45, 7) is 2.21. The Hall–Kier alpha value is -2.61. The largest absolute Gasteiger partial charge is 0.310 e. The Kier molecular flexibility index (Phi) is 5.69. The highest BCUT2D eigenvalue weighted by atomic mass is 19.1. The number of nitrogens with zero attached hydrogens (tertiary/aromatic N) is 4. The molecule has 0 spiro atoms. The van der Waals surface area contributed by atoms with Crippen molar-refractivity contribution in [3.05, 3.63) is 42.6 Å². The van der Waals surface area contributed by atoms with Crippen LogP contribution in [0.1, 0.15) is 19.3 Å². The smallest absolute Gasteiger partial charge is 0.239 e. The molecular formula is C20H19B3FN5O. The van der Waals surface area contributed by atoms with Crippen LogP contribution in [0.25, 0.3) is 21.9 Å². The molecule has 6 radical (unpaired) electrons. The van der Waals surface area contributed by atoms with Crippen LogP contribution >= 0.6 is 0 Å². The molecule has 0 unspecified atom stereocenters. The molecule has 1 aliphatic heterocycles. The second kappa shape index (κ2) is 8.26. The van der Waals surface area contributed by atoms with Gasteiger partial charge in [-0.15, -0.1) is 0 Å². The second-order valence-electron chi connectivity index (χ2n) is 7.69. The molecule has 1 amide bonds. The molecule has 1 fully saturated rings. The van der Waals surface area contributed by atoms with Crippen LogP contribution in [0, 0.1) is 5.82 Å². The van der Waals surface area contributed by atoms with Crippen LogP contribution in [0.2, 0.25) is 0 Å². The lowest BCUT2D eigenvalue weighted by atomic mass is 9.49. The molecule has 0 atom stereocenters. The summed E-state index contributed by atoms with van der Waals surface area (Å²) in [5.41, 5.74) is 0.794. The predicted molar refractivity (Wildman–Crippen MR) is 117 cm³/mol. The molecule has 1 saturated heterocycles. The van der Waals surface area contributed by atoms with Crippen LogP contribution in [0.15, 0.2) is 36.8 Å². The molecule has 3 heterocycles. The van der Waals surface area contributed by atoms with E-state index in [9.17, 15) is 9.18 Å². The molecule has 30 heavy (non-hydrogen) atoms. The third kappa shape index (κ3) is 4.59. The van der Waals surface area contributed by atoms with Gasteiger partial charge in [0, 0.05) is 28.9 Å². The Labute approximate surface area is 178 Å². The van der Waals surface area contributed by atoms with Gasteiger partial charge in [-0.05, 0) is 54.8 Å². The number of rotatable bonds is 5. The zero-order chi connectivity index (χ0) is 21.3. The summed E-state index contributed by atoms with van der Waals surface area (Å²) in [4.78, 5) is 18.7. The fourth-order valence-corrected chi connectivity index (χ4v) is 3.63. The van der Waals surface area contributed by atoms with Crippen LogP contribution in [-0.2, 0) is 10.0 Å². The lowest BCUT2D eigenvalue weighted by Crippen LogP contribution is -2.36. The summed E-state index contributed by atoms with van der Waals surface area (Å²) in [5.74, 6) is -0.136. The van der Waals surface area contributed by atoms with Crippen molar-refractivity contribution in [3.8, 4) is 11.1 Å². The second-order valence-corrected chi connectivity index (χ2v) is 7.69. The maximum Gasteiger partial charge on any atom is 0.239 e. The maximum absolute atomic E-state index is 14.6. The summed E-state index contributed by atoms with van der Waals surface area (Å²) >= 11 is 0. The Morgan fingerprint density at radius 3 is 2.57 bits per heavy atom. The molecular weight excluding hydrogens is 378 g/mol. The molecule has 1 aromatic carbocycles. The number of aromatic nitrogens is 3. The van der Waals surface area contributed by atoms with E-state index >= 15 is 0 Å². The Balaban J connectivity index is 1.56. The van der Waals surface area contributed by atoms with Gasteiger partial charge in [-0.1, -0.05) is 6.42 Å². The normalized spacial score (nSPS) is 15.4. The number of nitrogens with one attached hydrogen (secondary N) is 1. The van der Waals surface area contributed by atoms with E-state index in [1.807, 2.05) is 0 Å². The molecule has 0 bridgehead atoms. The first-order valence-corrected chi connectivity index (χ1v) is 9.83. The number of likely N-dealkylation sites (tertiary alicyclic amines) is 1. The van der Waals surface area contributed by atoms with Crippen LogP contribution in [0.5, 0.6) is 0 Å². The van der Waals surface area contributed by atoms with Gasteiger partial charge in [-0.25, -0.2) is 9.37 Å². The number of amides is 1. The number of anilines is 1. The fraction of sp³-hybridized carbons (Fsp3) is 0.350. The van der Waals surface area contributed by atoms with E-state index in [1.54, 1.807) is 12.1 Å². The number of hydrogen-bond donors (Lipinski definition) is 1. The van der Waals surface area contributed by atoms with Gasteiger partial charge in [0.15, 0.2) is 0 Å². The van der Waals surface area contributed by atoms with Crippen molar-refractivity contribution in [2.24, 2.45) is 0 Å². The summed E-state index contributed by atoms with van der Waals surface area (Å²) in [6, 6.07) is 4.77. The van der Waals surface area contributed by atoms with Gasteiger partial charge in [-0.2, -0.15) is 5.10 Å². The molecule has 1 aliphatic rings. The number of carbonyl (C=O) groups excluding carboxylic acids is 1. The molecule has 6 nitrogen and oxygen atoms in total. The number of piperidine rings is 1. The van der Waals surface area contributed by atoms with Crippen LogP contribution in [0.3, 0.4) is 0 Å². The Morgan fingerprint density at radius 1 is 1.10 bits per heavy atom. The predicted octanol–water partition coefficient (Wildman–Crippen LogP) is 1.74. The average Bonchev–Trinajstić information content (AvgIpc) is 3.19. The van der Waals surface area contributed by atoms with Gasteiger partial charge in [-0.3, -0.25) is 14.4 Å². The number of hydrogen-bond acceptors (Lipinski definition) is 4. The quantitative estimate of drug-likeness (QED) is 0.667. The molecule has 3 aromatic rings. The minimum atomic E-state index is -1.68. The molecule has 4 rings (SSSR count). The molecule has 146 valence electrons. The average molecular weight is 397 g/mol. The number of carbonyl (C=O) groups is 1. The van der Waals surface area contributed by atoms with E-state index in [4.69, 9.17) is 23.5 Å². The molecule has 10 heteroatoms. The first-order chi connectivity index (χ1) is 14.3. The zero-order valence-corrected chi connectivity index (χ0v) is 16.5. The lowest BCUT2D eigenvalue weighted by molar-refractivity contribution is -0.117. The molecule has 1 N–H and O–H groups in total. The standard InChI is InChI=1S/C20H19B3FN5O/c21-20(22,23)29-11-15(10-26-29)16-6-13-8-18(25-9-14(13)7-17(16)24)27-19(30)12-28-4-2-1-3-5-28/h6-11H,1-5,12H2,(H,25,27,30). The van der Waals surface area contributed by atoms with E-state index in [2.05, 4.69) is 20.3 Å². The van der Waals surface area contributed by atoms with Crippen LogP contribution in [0.4, 0.5) is 10.2 Å². The van der Waals surface area contributed by atoms with Crippen molar-refractivity contribution in [2.45, 2.75) is 24.5 Å². The Morgan fingerprint density at radius 2 is 1.87 bits per heavy atom. The van der Waals surface area contributed by atoms with Crippen molar-refractivity contribution < 1.29 is 9.18 Å². The van der Waals surface area contributed by atoms with E-state index in [0.717, 1.165) is 36.0 Å². The first-order valence-electron chi connectivity index (χ1n) is 9.83. The third-order valence-corrected chi connectivity index (χ3v) is 5.18.